The minimum absolute atomic E-state index is 0.698. The molecule has 0 atom stereocenters. The quantitative estimate of drug-likeness (QED) is 0.547. The largest absolute Gasteiger partial charge is 0.368 e. The molecule has 3 aromatic rings. The Morgan fingerprint density at radius 1 is 1.03 bits per heavy atom. The van der Waals surface area contributed by atoms with Crippen molar-refractivity contribution in [3.05, 3.63) is 58.6 Å². The summed E-state index contributed by atoms with van der Waals surface area (Å²) in [7, 11) is 0. The number of pyridine rings is 1. The maximum absolute atomic E-state index is 6.36. The molecule has 0 radical (unpaired) electrons. The van der Waals surface area contributed by atoms with E-state index in [0.717, 1.165) is 66.0 Å². The Hall–Kier alpha value is -2.22. The van der Waals surface area contributed by atoms with Crippen LogP contribution in [0.5, 0.6) is 0 Å². The van der Waals surface area contributed by atoms with Crippen molar-refractivity contribution >= 4 is 29.5 Å². The van der Waals surface area contributed by atoms with Crippen molar-refractivity contribution in [2.24, 2.45) is 0 Å². The van der Waals surface area contributed by atoms with Crippen LogP contribution in [0.4, 0.5) is 5.69 Å². The van der Waals surface area contributed by atoms with Gasteiger partial charge < -0.3 is 4.90 Å². The maximum Gasteiger partial charge on any atom is 0.199 e. The standard InChI is InChI=1S/C21H25ClN6S/c1-2-11-27-20(17-7-9-23-10-8-17)24-28(21(27)29)16-25-12-14-26(15-13-25)19-6-4-3-5-18(19)22/h3-10H,2,11-16H2,1H3. The van der Waals surface area contributed by atoms with Gasteiger partial charge in [-0.2, -0.15) is 5.10 Å². The summed E-state index contributed by atoms with van der Waals surface area (Å²) in [5, 5.41) is 5.66. The Labute approximate surface area is 181 Å². The molecule has 29 heavy (non-hydrogen) atoms. The number of benzene rings is 1. The second-order valence-corrected chi connectivity index (χ2v) is 7.96. The maximum atomic E-state index is 6.36. The molecule has 6 nitrogen and oxygen atoms in total. The second-order valence-electron chi connectivity index (χ2n) is 7.19. The van der Waals surface area contributed by atoms with Crippen molar-refractivity contribution in [1.82, 2.24) is 24.2 Å². The van der Waals surface area contributed by atoms with E-state index in [-0.39, 0.29) is 0 Å². The van der Waals surface area contributed by atoms with E-state index in [1.807, 2.05) is 35.0 Å². The first-order valence-electron chi connectivity index (χ1n) is 9.97. The van der Waals surface area contributed by atoms with Crippen LogP contribution >= 0.6 is 23.8 Å². The van der Waals surface area contributed by atoms with Crippen LogP contribution < -0.4 is 4.90 Å². The summed E-state index contributed by atoms with van der Waals surface area (Å²) >= 11 is 12.1. The molecule has 4 rings (SSSR count). The fraction of sp³-hybridized carbons (Fsp3) is 0.381. The van der Waals surface area contributed by atoms with Gasteiger partial charge in [0, 0.05) is 50.7 Å². The van der Waals surface area contributed by atoms with Gasteiger partial charge in [-0.05, 0) is 42.9 Å². The van der Waals surface area contributed by atoms with Gasteiger partial charge in [0.1, 0.15) is 0 Å². The van der Waals surface area contributed by atoms with Crippen molar-refractivity contribution in [2.45, 2.75) is 26.6 Å². The van der Waals surface area contributed by atoms with Crippen molar-refractivity contribution in [2.75, 3.05) is 31.1 Å². The van der Waals surface area contributed by atoms with Crippen molar-refractivity contribution < 1.29 is 0 Å². The van der Waals surface area contributed by atoms with Crippen molar-refractivity contribution in [3.8, 4) is 11.4 Å². The first-order valence-corrected chi connectivity index (χ1v) is 10.8. The third kappa shape index (κ3) is 4.37. The molecule has 0 bridgehead atoms. The zero-order chi connectivity index (χ0) is 20.2. The monoisotopic (exact) mass is 428 g/mol. The topological polar surface area (TPSA) is 42.1 Å². The summed E-state index contributed by atoms with van der Waals surface area (Å²) in [5.74, 6) is 0.911. The van der Waals surface area contributed by atoms with E-state index in [1.54, 1.807) is 12.4 Å². The van der Waals surface area contributed by atoms with E-state index in [9.17, 15) is 0 Å². The molecular formula is C21H25ClN6S. The zero-order valence-corrected chi connectivity index (χ0v) is 18.1. The summed E-state index contributed by atoms with van der Waals surface area (Å²) in [4.78, 5) is 8.85. The molecule has 0 amide bonds. The number of para-hydroxylation sites is 1. The molecule has 1 aromatic carbocycles. The number of halogens is 1. The van der Waals surface area contributed by atoms with Crippen LogP contribution in [0.1, 0.15) is 13.3 Å². The van der Waals surface area contributed by atoms with Crippen LogP contribution in [0.25, 0.3) is 11.4 Å². The predicted octanol–water partition coefficient (Wildman–Crippen LogP) is 4.32. The van der Waals surface area contributed by atoms with Gasteiger partial charge in [0.05, 0.1) is 17.4 Å². The van der Waals surface area contributed by atoms with Gasteiger partial charge in [-0.15, -0.1) is 0 Å². The van der Waals surface area contributed by atoms with E-state index in [0.29, 0.717) is 6.67 Å². The number of anilines is 1. The average molecular weight is 429 g/mol. The normalized spacial score (nSPS) is 15.0. The van der Waals surface area contributed by atoms with E-state index in [1.165, 1.54) is 0 Å². The van der Waals surface area contributed by atoms with Crippen LogP contribution in [0.3, 0.4) is 0 Å². The highest BCUT2D eigenvalue weighted by atomic mass is 35.5. The first-order chi connectivity index (χ1) is 14.2. The molecule has 1 aliphatic heterocycles. The Balaban J connectivity index is 1.49. The average Bonchev–Trinajstić information content (AvgIpc) is 3.06. The van der Waals surface area contributed by atoms with Gasteiger partial charge in [-0.3, -0.25) is 14.5 Å². The molecule has 0 aliphatic carbocycles. The fourth-order valence-electron chi connectivity index (χ4n) is 3.70. The molecule has 1 aliphatic rings. The van der Waals surface area contributed by atoms with Gasteiger partial charge in [0.2, 0.25) is 0 Å². The lowest BCUT2D eigenvalue weighted by atomic mass is 10.2. The highest BCUT2D eigenvalue weighted by Gasteiger charge is 2.20. The van der Waals surface area contributed by atoms with Crippen LogP contribution in [-0.2, 0) is 13.2 Å². The molecule has 3 heterocycles. The van der Waals surface area contributed by atoms with Gasteiger partial charge in [-0.1, -0.05) is 30.7 Å². The minimum atomic E-state index is 0.698. The van der Waals surface area contributed by atoms with E-state index < -0.39 is 0 Å². The number of nitrogens with zero attached hydrogens (tertiary/aromatic N) is 6. The Morgan fingerprint density at radius 3 is 2.45 bits per heavy atom. The van der Waals surface area contributed by atoms with E-state index >= 15 is 0 Å². The number of rotatable bonds is 6. The molecule has 8 heteroatoms. The minimum Gasteiger partial charge on any atom is -0.368 e. The van der Waals surface area contributed by atoms with Gasteiger partial charge in [-0.25, -0.2) is 4.68 Å². The molecule has 0 N–H and O–H groups in total. The van der Waals surface area contributed by atoms with Crippen molar-refractivity contribution in [3.63, 3.8) is 0 Å². The second kappa shape index (κ2) is 9.07. The molecular weight excluding hydrogens is 404 g/mol. The van der Waals surface area contributed by atoms with Crippen molar-refractivity contribution in [1.29, 1.82) is 0 Å². The smallest absolute Gasteiger partial charge is 0.199 e. The lowest BCUT2D eigenvalue weighted by molar-refractivity contribution is 0.194. The molecule has 0 unspecified atom stereocenters. The molecule has 0 spiro atoms. The third-order valence-electron chi connectivity index (χ3n) is 5.21. The molecule has 0 saturated carbocycles. The number of hydrogen-bond donors (Lipinski definition) is 0. The number of aromatic nitrogens is 4. The summed E-state index contributed by atoms with van der Waals surface area (Å²) in [5.41, 5.74) is 2.15. The summed E-state index contributed by atoms with van der Waals surface area (Å²) < 4.78 is 4.85. The van der Waals surface area contributed by atoms with Crippen LogP contribution in [0, 0.1) is 4.77 Å². The molecule has 1 fully saturated rings. The summed E-state index contributed by atoms with van der Waals surface area (Å²) in [6.07, 6.45) is 4.60. The SMILES string of the molecule is CCCn1c(-c2ccncc2)nn(CN2CCN(c3ccccc3Cl)CC2)c1=S. The molecule has 2 aromatic heterocycles. The highest BCUT2D eigenvalue weighted by Crippen LogP contribution is 2.26. The van der Waals surface area contributed by atoms with Gasteiger partial charge in [0.25, 0.3) is 0 Å². The highest BCUT2D eigenvalue weighted by molar-refractivity contribution is 7.71. The van der Waals surface area contributed by atoms with Gasteiger partial charge in [0.15, 0.2) is 10.6 Å². The van der Waals surface area contributed by atoms with Crippen LogP contribution in [0.15, 0.2) is 48.8 Å². The van der Waals surface area contributed by atoms with Crippen LogP contribution in [0.2, 0.25) is 5.02 Å². The molecule has 152 valence electrons. The van der Waals surface area contributed by atoms with E-state index in [2.05, 4.69) is 32.3 Å². The van der Waals surface area contributed by atoms with Gasteiger partial charge >= 0.3 is 0 Å². The Bertz CT molecular complexity index is 1010. The fourth-order valence-corrected chi connectivity index (χ4v) is 4.23. The summed E-state index contributed by atoms with van der Waals surface area (Å²) in [6, 6.07) is 12.0. The summed E-state index contributed by atoms with van der Waals surface area (Å²) in [6.45, 7) is 7.47. The first kappa shape index (κ1) is 20.1. The third-order valence-corrected chi connectivity index (χ3v) is 5.96. The Kier molecular flexibility index (Phi) is 6.28. The van der Waals surface area contributed by atoms with E-state index in [4.69, 9.17) is 28.9 Å². The molecule has 1 saturated heterocycles. The number of piperazine rings is 1. The lowest BCUT2D eigenvalue weighted by Gasteiger charge is -2.36. The predicted molar refractivity (Wildman–Crippen MR) is 120 cm³/mol. The lowest BCUT2D eigenvalue weighted by Crippen LogP contribution is -2.47. The van der Waals surface area contributed by atoms with Crippen LogP contribution in [-0.4, -0.2) is 50.4 Å². The Morgan fingerprint density at radius 2 is 1.76 bits per heavy atom. The zero-order valence-electron chi connectivity index (χ0n) is 16.5. The number of hydrogen-bond acceptors (Lipinski definition) is 5.